The zero-order valence-corrected chi connectivity index (χ0v) is 10.3. The largest absolute Gasteiger partial charge is 0.478 e. The number of nitrogens with zero attached hydrogens (tertiary/aromatic N) is 2. The Hall–Kier alpha value is -1.57. The molecule has 1 saturated heterocycles. The predicted octanol–water partition coefficient (Wildman–Crippen LogP) is 1.66. The number of carboxylic acids is 1. The van der Waals surface area contributed by atoms with E-state index in [2.05, 4.69) is 10.4 Å². The van der Waals surface area contributed by atoms with Gasteiger partial charge in [0.2, 0.25) is 0 Å². The molecule has 0 aromatic carbocycles. The van der Waals surface area contributed by atoms with Crippen molar-refractivity contribution in [2.75, 3.05) is 6.54 Å². The van der Waals surface area contributed by atoms with Gasteiger partial charge in [-0.05, 0) is 26.3 Å². The summed E-state index contributed by atoms with van der Waals surface area (Å²) in [4.78, 5) is 11.0. The van der Waals surface area contributed by atoms with Gasteiger partial charge in [-0.1, -0.05) is 0 Å². The predicted molar refractivity (Wildman–Crippen MR) is 60.0 cm³/mol. The van der Waals surface area contributed by atoms with E-state index < -0.39 is 23.4 Å². The third kappa shape index (κ3) is 2.73. The topological polar surface area (TPSA) is 67.1 Å². The van der Waals surface area contributed by atoms with E-state index in [1.54, 1.807) is 0 Å². The van der Waals surface area contributed by atoms with Crippen molar-refractivity contribution in [1.29, 1.82) is 0 Å². The number of carboxylic acid groups (broad SMARTS) is 1. The number of carbonyl (C=O) groups is 1. The van der Waals surface area contributed by atoms with E-state index in [4.69, 9.17) is 5.11 Å². The fraction of sp³-hybridized carbons (Fsp3) is 0.636. The molecule has 2 N–H and O–H groups in total. The van der Waals surface area contributed by atoms with Crippen LogP contribution in [-0.4, -0.2) is 33.4 Å². The van der Waals surface area contributed by atoms with Crippen LogP contribution in [0.15, 0.2) is 0 Å². The second kappa shape index (κ2) is 4.84. The van der Waals surface area contributed by atoms with E-state index in [0.29, 0.717) is 0 Å². The molecule has 0 unspecified atom stereocenters. The molecule has 1 aliphatic heterocycles. The Morgan fingerprint density at radius 2 is 2.26 bits per heavy atom. The summed E-state index contributed by atoms with van der Waals surface area (Å²) < 4.78 is 39.4. The number of alkyl halides is 3. The lowest BCUT2D eigenvalue weighted by molar-refractivity contribution is -0.142. The zero-order chi connectivity index (χ0) is 14.2. The van der Waals surface area contributed by atoms with Crippen LogP contribution in [0.2, 0.25) is 0 Å². The Balaban J connectivity index is 2.37. The Labute approximate surface area is 107 Å². The molecule has 1 atom stereocenters. The van der Waals surface area contributed by atoms with Crippen LogP contribution in [0.3, 0.4) is 0 Å². The van der Waals surface area contributed by atoms with Crippen LogP contribution in [-0.2, 0) is 12.7 Å². The van der Waals surface area contributed by atoms with Crippen molar-refractivity contribution in [3.05, 3.63) is 17.0 Å². The first-order chi connectivity index (χ1) is 8.80. The van der Waals surface area contributed by atoms with Gasteiger partial charge in [0.05, 0.1) is 12.2 Å². The third-order valence-corrected chi connectivity index (χ3v) is 3.24. The van der Waals surface area contributed by atoms with Gasteiger partial charge in [-0.3, -0.25) is 4.68 Å². The lowest BCUT2D eigenvalue weighted by atomic mass is 10.2. The lowest BCUT2D eigenvalue weighted by Gasteiger charge is -2.11. The van der Waals surface area contributed by atoms with Gasteiger partial charge in [0.15, 0.2) is 5.69 Å². The normalized spacial score (nSPS) is 19.9. The molecule has 2 rings (SSSR count). The number of rotatable bonds is 3. The molecular weight excluding hydrogens is 263 g/mol. The quantitative estimate of drug-likeness (QED) is 0.881. The molecule has 0 aliphatic carbocycles. The Bertz CT molecular complexity index is 490. The van der Waals surface area contributed by atoms with Gasteiger partial charge in [-0.25, -0.2) is 4.79 Å². The Morgan fingerprint density at radius 1 is 1.58 bits per heavy atom. The summed E-state index contributed by atoms with van der Waals surface area (Å²) in [6.45, 7) is 2.42. The SMILES string of the molecule is Cc1c(C(=O)O)c(C(F)(F)F)nn1C[C@H]1CCCN1. The summed E-state index contributed by atoms with van der Waals surface area (Å²) in [6, 6.07) is 0.0429. The maximum absolute atomic E-state index is 12.8. The molecule has 5 nitrogen and oxygen atoms in total. The van der Waals surface area contributed by atoms with Crippen LogP contribution in [0.4, 0.5) is 13.2 Å². The van der Waals surface area contributed by atoms with Crippen LogP contribution in [0, 0.1) is 6.92 Å². The molecule has 1 aromatic heterocycles. The number of hydrogen-bond acceptors (Lipinski definition) is 3. The first-order valence-corrected chi connectivity index (χ1v) is 5.92. The molecule has 0 saturated carbocycles. The highest BCUT2D eigenvalue weighted by Gasteiger charge is 2.41. The van der Waals surface area contributed by atoms with Gasteiger partial charge in [0, 0.05) is 6.04 Å². The molecular formula is C11H14F3N3O2. The maximum atomic E-state index is 12.8. The average molecular weight is 277 g/mol. The minimum Gasteiger partial charge on any atom is -0.478 e. The molecule has 1 fully saturated rings. The van der Waals surface area contributed by atoms with E-state index >= 15 is 0 Å². The van der Waals surface area contributed by atoms with Crippen molar-refractivity contribution in [1.82, 2.24) is 15.1 Å². The molecule has 0 bridgehead atoms. The second-order valence-electron chi connectivity index (χ2n) is 4.59. The van der Waals surface area contributed by atoms with Crippen LogP contribution in [0.25, 0.3) is 0 Å². The summed E-state index contributed by atoms with van der Waals surface area (Å²) in [5.74, 6) is -1.60. The molecule has 19 heavy (non-hydrogen) atoms. The molecule has 0 amide bonds. The van der Waals surface area contributed by atoms with Gasteiger partial charge in [0.25, 0.3) is 0 Å². The minimum absolute atomic E-state index is 0.0357. The monoisotopic (exact) mass is 277 g/mol. The summed E-state index contributed by atoms with van der Waals surface area (Å²) in [7, 11) is 0. The van der Waals surface area contributed by atoms with Gasteiger partial charge in [0.1, 0.15) is 5.56 Å². The van der Waals surface area contributed by atoms with Gasteiger partial charge in [-0.2, -0.15) is 18.3 Å². The van der Waals surface area contributed by atoms with Crippen LogP contribution in [0.5, 0.6) is 0 Å². The van der Waals surface area contributed by atoms with E-state index in [-0.39, 0.29) is 18.3 Å². The van der Waals surface area contributed by atoms with Crippen molar-refractivity contribution >= 4 is 5.97 Å². The van der Waals surface area contributed by atoms with E-state index in [1.807, 2.05) is 0 Å². The van der Waals surface area contributed by atoms with Crippen molar-refractivity contribution < 1.29 is 23.1 Å². The van der Waals surface area contributed by atoms with Crippen LogP contribution < -0.4 is 5.32 Å². The molecule has 106 valence electrons. The van der Waals surface area contributed by atoms with E-state index in [9.17, 15) is 18.0 Å². The third-order valence-electron chi connectivity index (χ3n) is 3.24. The highest BCUT2D eigenvalue weighted by molar-refractivity contribution is 5.90. The highest BCUT2D eigenvalue weighted by atomic mass is 19.4. The van der Waals surface area contributed by atoms with Crippen molar-refractivity contribution in [2.45, 2.75) is 38.5 Å². The van der Waals surface area contributed by atoms with Gasteiger partial charge in [-0.15, -0.1) is 0 Å². The summed E-state index contributed by atoms with van der Waals surface area (Å²) in [5.41, 5.74) is -2.05. The number of aromatic carboxylic acids is 1. The Morgan fingerprint density at radius 3 is 2.68 bits per heavy atom. The van der Waals surface area contributed by atoms with Gasteiger partial charge >= 0.3 is 12.1 Å². The molecule has 2 heterocycles. The highest BCUT2D eigenvalue weighted by Crippen LogP contribution is 2.32. The van der Waals surface area contributed by atoms with Crippen molar-refractivity contribution in [3.8, 4) is 0 Å². The summed E-state index contributed by atoms with van der Waals surface area (Å²) in [6.07, 6.45) is -2.95. The number of hydrogen-bond donors (Lipinski definition) is 2. The second-order valence-corrected chi connectivity index (χ2v) is 4.59. The average Bonchev–Trinajstić information content (AvgIpc) is 2.87. The van der Waals surface area contributed by atoms with Crippen LogP contribution in [0.1, 0.15) is 34.6 Å². The summed E-state index contributed by atoms with van der Waals surface area (Å²) >= 11 is 0. The van der Waals surface area contributed by atoms with Crippen LogP contribution >= 0.6 is 0 Å². The molecule has 0 radical (unpaired) electrons. The zero-order valence-electron chi connectivity index (χ0n) is 10.3. The molecule has 0 spiro atoms. The van der Waals surface area contributed by atoms with E-state index in [1.165, 1.54) is 6.92 Å². The molecule has 8 heteroatoms. The fourth-order valence-electron chi connectivity index (χ4n) is 2.30. The first-order valence-electron chi connectivity index (χ1n) is 5.92. The standard InChI is InChI=1S/C11H14F3N3O2/c1-6-8(10(18)19)9(11(12,13)14)16-17(6)5-7-3-2-4-15-7/h7,15H,2-5H2,1H3,(H,18,19)/t7-/m1/s1. The number of nitrogens with one attached hydrogen (secondary N) is 1. The smallest absolute Gasteiger partial charge is 0.436 e. The Kier molecular flexibility index (Phi) is 3.53. The molecule has 1 aliphatic rings. The number of aromatic nitrogens is 2. The summed E-state index contributed by atoms with van der Waals surface area (Å²) in [5, 5.41) is 15.5. The lowest BCUT2D eigenvalue weighted by Crippen LogP contribution is -2.27. The van der Waals surface area contributed by atoms with Gasteiger partial charge < -0.3 is 10.4 Å². The minimum atomic E-state index is -4.76. The van der Waals surface area contributed by atoms with E-state index in [0.717, 1.165) is 24.1 Å². The number of halogens is 3. The van der Waals surface area contributed by atoms with Crippen molar-refractivity contribution in [3.63, 3.8) is 0 Å². The first kappa shape index (κ1) is 13.9. The fourth-order valence-corrected chi connectivity index (χ4v) is 2.30. The van der Waals surface area contributed by atoms with Crippen molar-refractivity contribution in [2.24, 2.45) is 0 Å². The maximum Gasteiger partial charge on any atom is 0.436 e. The molecule has 1 aromatic rings.